The molecular formula is C17H25N3O6S. The molecule has 0 atom stereocenters. The van der Waals surface area contributed by atoms with Gasteiger partial charge in [-0.05, 0) is 45.7 Å². The molecule has 0 saturated carbocycles. The molecule has 0 unspecified atom stereocenters. The largest absolute Gasteiger partial charge is 0.382 e. The Labute approximate surface area is 158 Å². The zero-order valence-electron chi connectivity index (χ0n) is 15.9. The van der Waals surface area contributed by atoms with Gasteiger partial charge in [-0.25, -0.2) is 13.2 Å². The zero-order valence-corrected chi connectivity index (χ0v) is 16.7. The topological polar surface area (TPSA) is 119 Å². The third-order valence-electron chi connectivity index (χ3n) is 4.20. The standard InChI is InChI=1S/C17H25N3O6S/c1-17(2,3)16(21)26-19-9-7-12(8-10-19)18-13-5-6-15(27(4,24)25)14(11-13)20(22)23/h5-6,11-12,18H,7-10H2,1-4H3. The number of sulfone groups is 1. The lowest BCUT2D eigenvalue weighted by Gasteiger charge is -2.32. The molecular weight excluding hydrogens is 374 g/mol. The quantitative estimate of drug-likeness (QED) is 0.592. The van der Waals surface area contributed by atoms with Gasteiger partial charge < -0.3 is 10.2 Å². The molecule has 2 rings (SSSR count). The van der Waals surface area contributed by atoms with E-state index in [1.54, 1.807) is 25.8 Å². The van der Waals surface area contributed by atoms with E-state index in [1.807, 2.05) is 0 Å². The van der Waals surface area contributed by atoms with Crippen LogP contribution in [-0.2, 0) is 19.5 Å². The van der Waals surface area contributed by atoms with E-state index >= 15 is 0 Å². The summed E-state index contributed by atoms with van der Waals surface area (Å²) in [4.78, 5) is 27.5. The highest BCUT2D eigenvalue weighted by atomic mass is 32.2. The van der Waals surface area contributed by atoms with Crippen molar-refractivity contribution < 1.29 is 23.0 Å². The third-order valence-corrected chi connectivity index (χ3v) is 5.35. The van der Waals surface area contributed by atoms with Crippen LogP contribution in [0.25, 0.3) is 0 Å². The number of hydrogen-bond acceptors (Lipinski definition) is 8. The minimum absolute atomic E-state index is 0.0401. The summed E-state index contributed by atoms with van der Waals surface area (Å²) >= 11 is 0. The number of nitro benzene ring substituents is 1. The van der Waals surface area contributed by atoms with Crippen LogP contribution in [0.5, 0.6) is 0 Å². The number of nitro groups is 1. The summed E-state index contributed by atoms with van der Waals surface area (Å²) in [6, 6.07) is 4.05. The molecule has 0 aromatic heterocycles. The Morgan fingerprint density at radius 3 is 2.37 bits per heavy atom. The minimum Gasteiger partial charge on any atom is -0.382 e. The Morgan fingerprint density at radius 2 is 1.89 bits per heavy atom. The fourth-order valence-electron chi connectivity index (χ4n) is 2.64. The molecule has 0 aliphatic carbocycles. The number of benzene rings is 1. The van der Waals surface area contributed by atoms with Crippen molar-refractivity contribution in [2.75, 3.05) is 24.7 Å². The number of nitrogens with one attached hydrogen (secondary N) is 1. The van der Waals surface area contributed by atoms with Crippen LogP contribution in [0.3, 0.4) is 0 Å². The molecule has 0 amide bonds. The molecule has 0 bridgehead atoms. The van der Waals surface area contributed by atoms with Gasteiger partial charge in [0.1, 0.15) is 4.90 Å². The first-order valence-corrected chi connectivity index (χ1v) is 10.5. The van der Waals surface area contributed by atoms with E-state index in [2.05, 4.69) is 5.32 Å². The van der Waals surface area contributed by atoms with Gasteiger partial charge in [-0.15, -0.1) is 5.06 Å². The highest BCUT2D eigenvalue weighted by Crippen LogP contribution is 2.28. The molecule has 1 heterocycles. The highest BCUT2D eigenvalue weighted by Gasteiger charge is 2.29. The lowest BCUT2D eigenvalue weighted by Crippen LogP contribution is -2.42. The summed E-state index contributed by atoms with van der Waals surface area (Å²) in [6.07, 6.45) is 2.30. The monoisotopic (exact) mass is 399 g/mol. The van der Waals surface area contributed by atoms with E-state index in [-0.39, 0.29) is 16.9 Å². The summed E-state index contributed by atoms with van der Waals surface area (Å²) in [5.74, 6) is -0.291. The fraction of sp³-hybridized carbons (Fsp3) is 0.588. The first-order valence-electron chi connectivity index (χ1n) is 8.60. The van der Waals surface area contributed by atoms with Crippen molar-refractivity contribution in [1.82, 2.24) is 5.06 Å². The van der Waals surface area contributed by atoms with E-state index in [4.69, 9.17) is 4.84 Å². The third kappa shape index (κ3) is 5.64. The molecule has 9 nitrogen and oxygen atoms in total. The number of hydrogen-bond donors (Lipinski definition) is 1. The van der Waals surface area contributed by atoms with Crippen molar-refractivity contribution >= 4 is 27.2 Å². The molecule has 1 aliphatic rings. The minimum atomic E-state index is -3.68. The number of rotatable bonds is 5. The van der Waals surface area contributed by atoms with Crippen molar-refractivity contribution in [3.05, 3.63) is 28.3 Å². The van der Waals surface area contributed by atoms with Crippen molar-refractivity contribution in [3.8, 4) is 0 Å². The fourth-order valence-corrected chi connectivity index (χ4v) is 3.47. The van der Waals surface area contributed by atoms with Gasteiger partial charge >= 0.3 is 5.97 Å². The van der Waals surface area contributed by atoms with Crippen LogP contribution in [0.15, 0.2) is 23.1 Å². The summed E-state index contributed by atoms with van der Waals surface area (Å²) < 4.78 is 23.4. The number of piperidine rings is 1. The second kappa shape index (κ2) is 7.81. The van der Waals surface area contributed by atoms with Crippen LogP contribution >= 0.6 is 0 Å². The summed E-state index contributed by atoms with van der Waals surface area (Å²) in [5.41, 5.74) is -0.534. The van der Waals surface area contributed by atoms with E-state index in [0.29, 0.717) is 31.6 Å². The summed E-state index contributed by atoms with van der Waals surface area (Å²) in [6.45, 7) is 6.45. The average molecular weight is 399 g/mol. The molecule has 150 valence electrons. The Morgan fingerprint density at radius 1 is 1.30 bits per heavy atom. The Kier molecular flexibility index (Phi) is 6.10. The van der Waals surface area contributed by atoms with Gasteiger partial charge in [0.05, 0.1) is 10.3 Å². The van der Waals surface area contributed by atoms with Gasteiger partial charge in [0.2, 0.25) is 0 Å². The highest BCUT2D eigenvalue weighted by molar-refractivity contribution is 7.90. The Balaban J connectivity index is 2.00. The molecule has 1 fully saturated rings. The lowest BCUT2D eigenvalue weighted by molar-refractivity contribution is -0.387. The van der Waals surface area contributed by atoms with Crippen LogP contribution in [0.1, 0.15) is 33.6 Å². The molecule has 1 aromatic rings. The zero-order chi connectivity index (χ0) is 20.4. The van der Waals surface area contributed by atoms with E-state index in [9.17, 15) is 23.3 Å². The van der Waals surface area contributed by atoms with Crippen molar-refractivity contribution in [2.45, 2.75) is 44.6 Å². The summed E-state index contributed by atoms with van der Waals surface area (Å²) in [7, 11) is -3.68. The number of nitrogens with zero attached hydrogens (tertiary/aromatic N) is 2. The number of anilines is 1. The maximum Gasteiger partial charge on any atom is 0.330 e. The van der Waals surface area contributed by atoms with Crippen molar-refractivity contribution in [2.24, 2.45) is 5.41 Å². The van der Waals surface area contributed by atoms with Gasteiger partial charge in [0.25, 0.3) is 5.69 Å². The number of hydroxylamine groups is 2. The normalized spacial score (nSPS) is 16.7. The van der Waals surface area contributed by atoms with Gasteiger partial charge in [-0.2, -0.15) is 0 Å². The molecule has 1 aromatic carbocycles. The van der Waals surface area contributed by atoms with Crippen LogP contribution in [0, 0.1) is 15.5 Å². The van der Waals surface area contributed by atoms with Gasteiger partial charge in [0.15, 0.2) is 9.84 Å². The predicted molar refractivity (Wildman–Crippen MR) is 100.0 cm³/mol. The molecule has 10 heteroatoms. The van der Waals surface area contributed by atoms with Crippen LogP contribution in [0.4, 0.5) is 11.4 Å². The van der Waals surface area contributed by atoms with E-state index in [0.717, 1.165) is 6.26 Å². The van der Waals surface area contributed by atoms with Gasteiger partial charge in [-0.1, -0.05) is 0 Å². The predicted octanol–water partition coefficient (Wildman–Crippen LogP) is 2.38. The molecule has 0 radical (unpaired) electrons. The maximum atomic E-state index is 11.9. The van der Waals surface area contributed by atoms with Crippen molar-refractivity contribution in [3.63, 3.8) is 0 Å². The Hall–Kier alpha value is -2.20. The SMILES string of the molecule is CC(C)(C)C(=O)ON1CCC(Nc2ccc(S(C)(=O)=O)c([N+](=O)[O-])c2)CC1. The molecule has 1 N–H and O–H groups in total. The smallest absolute Gasteiger partial charge is 0.330 e. The first kappa shape index (κ1) is 21.1. The van der Waals surface area contributed by atoms with E-state index in [1.165, 1.54) is 18.2 Å². The van der Waals surface area contributed by atoms with Crippen LogP contribution < -0.4 is 5.32 Å². The van der Waals surface area contributed by atoms with Crippen molar-refractivity contribution in [1.29, 1.82) is 0 Å². The number of carbonyl (C=O) groups is 1. The summed E-state index contributed by atoms with van der Waals surface area (Å²) in [5, 5.41) is 16.0. The molecule has 0 spiro atoms. The van der Waals surface area contributed by atoms with Crippen LogP contribution in [0.2, 0.25) is 0 Å². The maximum absolute atomic E-state index is 11.9. The lowest BCUT2D eigenvalue weighted by atomic mass is 9.98. The molecule has 1 saturated heterocycles. The van der Waals surface area contributed by atoms with Gasteiger partial charge in [0, 0.05) is 37.1 Å². The van der Waals surface area contributed by atoms with E-state index < -0.39 is 25.9 Å². The Bertz CT molecular complexity index is 824. The number of carbonyl (C=O) groups excluding carboxylic acids is 1. The van der Waals surface area contributed by atoms with Crippen LogP contribution in [-0.4, -0.2) is 49.8 Å². The molecule has 27 heavy (non-hydrogen) atoms. The first-order chi connectivity index (χ1) is 12.4. The molecule has 1 aliphatic heterocycles. The second-order valence-corrected chi connectivity index (χ2v) is 9.67. The second-order valence-electron chi connectivity index (χ2n) is 7.69. The van der Waals surface area contributed by atoms with Gasteiger partial charge in [-0.3, -0.25) is 10.1 Å². The average Bonchev–Trinajstić information content (AvgIpc) is 2.54.